The van der Waals surface area contributed by atoms with Crippen LogP contribution < -0.4 is 5.73 Å². The van der Waals surface area contributed by atoms with Crippen molar-refractivity contribution in [1.82, 2.24) is 5.16 Å². The fraction of sp³-hybridized carbons (Fsp3) is 0.571. The molecule has 0 aromatic carbocycles. The smallest absolute Gasteiger partial charge is 0.162 e. The molecule has 4 heteroatoms. The summed E-state index contributed by atoms with van der Waals surface area (Å²) < 4.78 is 9.78. The van der Waals surface area contributed by atoms with Gasteiger partial charge in [0.25, 0.3) is 0 Å². The predicted octanol–water partition coefficient (Wildman–Crippen LogP) is 0.322. The quantitative estimate of drug-likeness (QED) is 0.682. The molecule has 0 saturated carbocycles. The number of rotatable bonds is 4. The minimum Gasteiger partial charge on any atom is -0.377 e. The second-order valence-electron chi connectivity index (χ2n) is 2.26. The Morgan fingerprint density at radius 2 is 2.55 bits per heavy atom. The molecule has 1 rings (SSSR count). The number of ether oxygens (including phenoxy) is 1. The maximum atomic E-state index is 5.33. The zero-order valence-electron chi connectivity index (χ0n) is 6.54. The van der Waals surface area contributed by atoms with Gasteiger partial charge in [0.15, 0.2) is 5.76 Å². The lowest BCUT2D eigenvalue weighted by molar-refractivity contribution is 0.156. The maximum Gasteiger partial charge on any atom is 0.162 e. The standard InChI is InChI=1S/C7H12N2O2/c1-10-5-7-4-6(2-3-8)9-11-7/h4H,2-3,5,8H2,1H3. The van der Waals surface area contributed by atoms with Crippen LogP contribution in [-0.2, 0) is 17.8 Å². The van der Waals surface area contributed by atoms with E-state index in [0.717, 1.165) is 17.9 Å². The molecule has 2 N–H and O–H groups in total. The Hall–Kier alpha value is -0.870. The topological polar surface area (TPSA) is 61.3 Å². The highest BCUT2D eigenvalue weighted by Crippen LogP contribution is 2.04. The fourth-order valence-electron chi connectivity index (χ4n) is 0.832. The Labute approximate surface area is 65.3 Å². The first-order chi connectivity index (χ1) is 5.36. The van der Waals surface area contributed by atoms with Crippen LogP contribution in [0.2, 0.25) is 0 Å². The van der Waals surface area contributed by atoms with Crippen molar-refractivity contribution in [2.75, 3.05) is 13.7 Å². The molecule has 1 aromatic heterocycles. The van der Waals surface area contributed by atoms with Crippen LogP contribution in [0.5, 0.6) is 0 Å². The van der Waals surface area contributed by atoms with Gasteiger partial charge in [0.05, 0.1) is 5.69 Å². The van der Waals surface area contributed by atoms with E-state index in [1.807, 2.05) is 6.07 Å². The molecule has 0 radical (unpaired) electrons. The average molecular weight is 156 g/mol. The monoisotopic (exact) mass is 156 g/mol. The Balaban J connectivity index is 2.51. The van der Waals surface area contributed by atoms with E-state index < -0.39 is 0 Å². The van der Waals surface area contributed by atoms with E-state index in [0.29, 0.717) is 13.2 Å². The van der Waals surface area contributed by atoms with E-state index >= 15 is 0 Å². The number of hydrogen-bond donors (Lipinski definition) is 1. The van der Waals surface area contributed by atoms with Crippen LogP contribution in [0.25, 0.3) is 0 Å². The Kier molecular flexibility index (Phi) is 3.07. The van der Waals surface area contributed by atoms with Crippen molar-refractivity contribution in [3.63, 3.8) is 0 Å². The van der Waals surface area contributed by atoms with Crippen molar-refractivity contribution < 1.29 is 9.26 Å². The maximum absolute atomic E-state index is 5.33. The Morgan fingerprint density at radius 1 is 1.73 bits per heavy atom. The zero-order chi connectivity index (χ0) is 8.10. The van der Waals surface area contributed by atoms with Gasteiger partial charge in [0.2, 0.25) is 0 Å². The minimum absolute atomic E-state index is 0.470. The summed E-state index contributed by atoms with van der Waals surface area (Å²) in [6.07, 6.45) is 0.757. The first-order valence-corrected chi connectivity index (χ1v) is 3.50. The number of hydrogen-bond acceptors (Lipinski definition) is 4. The number of nitrogens with two attached hydrogens (primary N) is 1. The van der Waals surface area contributed by atoms with Gasteiger partial charge in [0.1, 0.15) is 6.61 Å². The van der Waals surface area contributed by atoms with Crippen molar-refractivity contribution in [2.45, 2.75) is 13.0 Å². The van der Waals surface area contributed by atoms with Crippen LogP contribution in [0.3, 0.4) is 0 Å². The van der Waals surface area contributed by atoms with Crippen LogP contribution >= 0.6 is 0 Å². The molecule has 62 valence electrons. The lowest BCUT2D eigenvalue weighted by Gasteiger charge is -1.87. The molecule has 0 fully saturated rings. The predicted molar refractivity (Wildman–Crippen MR) is 40.0 cm³/mol. The molecular formula is C7H12N2O2. The normalized spacial score (nSPS) is 10.4. The molecule has 0 aliphatic carbocycles. The first-order valence-electron chi connectivity index (χ1n) is 3.50. The van der Waals surface area contributed by atoms with Gasteiger partial charge in [-0.1, -0.05) is 5.16 Å². The zero-order valence-corrected chi connectivity index (χ0v) is 6.54. The van der Waals surface area contributed by atoms with Gasteiger partial charge in [-0.15, -0.1) is 0 Å². The minimum atomic E-state index is 0.470. The Bertz CT molecular complexity index is 189. The average Bonchev–Trinajstić information content (AvgIpc) is 2.38. The lowest BCUT2D eigenvalue weighted by Crippen LogP contribution is -2.02. The summed E-state index contributed by atoms with van der Waals surface area (Å²) >= 11 is 0. The molecule has 0 saturated heterocycles. The number of methoxy groups -OCH3 is 1. The van der Waals surface area contributed by atoms with Crippen molar-refractivity contribution in [2.24, 2.45) is 5.73 Å². The second-order valence-corrected chi connectivity index (χ2v) is 2.26. The molecule has 4 nitrogen and oxygen atoms in total. The second kappa shape index (κ2) is 4.10. The summed E-state index contributed by atoms with van der Waals surface area (Å²) in [6.45, 7) is 1.07. The third kappa shape index (κ3) is 2.32. The van der Waals surface area contributed by atoms with Gasteiger partial charge in [-0.2, -0.15) is 0 Å². The van der Waals surface area contributed by atoms with Crippen molar-refractivity contribution >= 4 is 0 Å². The summed E-state index contributed by atoms with van der Waals surface area (Å²) in [7, 11) is 1.62. The summed E-state index contributed by atoms with van der Waals surface area (Å²) in [5.41, 5.74) is 6.22. The highest BCUT2D eigenvalue weighted by molar-refractivity contribution is 5.04. The van der Waals surface area contributed by atoms with Crippen LogP contribution in [-0.4, -0.2) is 18.8 Å². The molecule has 1 heterocycles. The van der Waals surface area contributed by atoms with E-state index in [1.165, 1.54) is 0 Å². The van der Waals surface area contributed by atoms with Crippen molar-refractivity contribution in [3.8, 4) is 0 Å². The van der Waals surface area contributed by atoms with Gasteiger partial charge in [-0.25, -0.2) is 0 Å². The third-order valence-electron chi connectivity index (χ3n) is 1.29. The first kappa shape index (κ1) is 8.23. The molecule has 0 aliphatic rings. The van der Waals surface area contributed by atoms with Gasteiger partial charge in [-0.05, 0) is 6.54 Å². The summed E-state index contributed by atoms with van der Waals surface area (Å²) in [6, 6.07) is 1.86. The van der Waals surface area contributed by atoms with E-state index in [2.05, 4.69) is 5.16 Å². The van der Waals surface area contributed by atoms with Gasteiger partial charge >= 0.3 is 0 Å². The molecule has 0 spiro atoms. The van der Waals surface area contributed by atoms with E-state index in [4.69, 9.17) is 15.0 Å². The van der Waals surface area contributed by atoms with Crippen molar-refractivity contribution in [3.05, 3.63) is 17.5 Å². The molecule has 0 bridgehead atoms. The Morgan fingerprint density at radius 3 is 3.18 bits per heavy atom. The van der Waals surface area contributed by atoms with Crippen LogP contribution in [0, 0.1) is 0 Å². The molecule has 0 amide bonds. The van der Waals surface area contributed by atoms with Gasteiger partial charge < -0.3 is 15.0 Å². The van der Waals surface area contributed by atoms with Crippen LogP contribution in [0.4, 0.5) is 0 Å². The van der Waals surface area contributed by atoms with E-state index in [9.17, 15) is 0 Å². The summed E-state index contributed by atoms with van der Waals surface area (Å²) in [5, 5.41) is 3.79. The molecule has 11 heavy (non-hydrogen) atoms. The summed E-state index contributed by atoms with van der Waals surface area (Å²) in [4.78, 5) is 0. The molecule has 1 aromatic rings. The highest BCUT2D eigenvalue weighted by atomic mass is 16.5. The third-order valence-corrected chi connectivity index (χ3v) is 1.29. The number of aromatic nitrogens is 1. The fourth-order valence-corrected chi connectivity index (χ4v) is 0.832. The van der Waals surface area contributed by atoms with E-state index in [-0.39, 0.29) is 0 Å². The SMILES string of the molecule is COCc1cc(CCN)no1. The molecule has 0 aliphatic heterocycles. The summed E-state index contributed by atoms with van der Waals surface area (Å²) in [5.74, 6) is 0.746. The molecule has 0 atom stereocenters. The van der Waals surface area contributed by atoms with Crippen LogP contribution in [0.1, 0.15) is 11.5 Å². The van der Waals surface area contributed by atoms with E-state index in [1.54, 1.807) is 7.11 Å². The largest absolute Gasteiger partial charge is 0.377 e. The number of nitrogens with zero attached hydrogens (tertiary/aromatic N) is 1. The highest BCUT2D eigenvalue weighted by Gasteiger charge is 2.01. The van der Waals surface area contributed by atoms with Gasteiger partial charge in [0, 0.05) is 19.6 Å². The van der Waals surface area contributed by atoms with Gasteiger partial charge in [-0.3, -0.25) is 0 Å². The van der Waals surface area contributed by atoms with Crippen molar-refractivity contribution in [1.29, 1.82) is 0 Å². The molecular weight excluding hydrogens is 144 g/mol. The molecule has 0 unspecified atom stereocenters. The van der Waals surface area contributed by atoms with Crippen LogP contribution in [0.15, 0.2) is 10.6 Å². The lowest BCUT2D eigenvalue weighted by atomic mass is 10.3.